The van der Waals surface area contributed by atoms with Crippen molar-refractivity contribution >= 4 is 21.7 Å². The van der Waals surface area contributed by atoms with E-state index in [0.29, 0.717) is 18.5 Å². The molecule has 36 heavy (non-hydrogen) atoms. The molecule has 1 aromatic carbocycles. The minimum absolute atomic E-state index is 0.0809. The van der Waals surface area contributed by atoms with Crippen molar-refractivity contribution in [1.29, 1.82) is 0 Å². The van der Waals surface area contributed by atoms with E-state index in [4.69, 9.17) is 4.74 Å². The van der Waals surface area contributed by atoms with E-state index in [1.807, 2.05) is 53.7 Å². The molecule has 206 valence electrons. The maximum Gasteiger partial charge on any atom is 0.309 e. The van der Waals surface area contributed by atoms with Gasteiger partial charge in [-0.2, -0.15) is 0 Å². The average Bonchev–Trinajstić information content (AvgIpc) is 2.81. The summed E-state index contributed by atoms with van der Waals surface area (Å²) in [4.78, 5) is 11.4. The van der Waals surface area contributed by atoms with E-state index in [1.54, 1.807) is 6.07 Å². The number of hydrogen-bond donors (Lipinski definition) is 4. The second-order valence-electron chi connectivity index (χ2n) is 8.63. The molecule has 0 amide bonds. The van der Waals surface area contributed by atoms with Gasteiger partial charge in [0.25, 0.3) is 0 Å². The zero-order valence-electron chi connectivity index (χ0n) is 23.1. The first-order valence-electron chi connectivity index (χ1n) is 11.9. The summed E-state index contributed by atoms with van der Waals surface area (Å²) in [6.07, 6.45) is 5.48. The number of allylic oxidation sites excluding steroid dienone is 2. The summed E-state index contributed by atoms with van der Waals surface area (Å²) >= 11 is 0. The number of ether oxygens (including phenoxy) is 1. The number of nitrogens with one attached hydrogen (secondary N) is 2. The van der Waals surface area contributed by atoms with Crippen LogP contribution in [0.15, 0.2) is 54.7 Å². The largest absolute Gasteiger partial charge is 0.506 e. The van der Waals surface area contributed by atoms with Crippen molar-refractivity contribution in [1.82, 2.24) is 5.32 Å². The molecule has 0 saturated carbocycles. The third kappa shape index (κ3) is 16.1. The first-order chi connectivity index (χ1) is 16.7. The molecule has 0 aromatic heterocycles. The molecule has 0 aliphatic carbocycles. The van der Waals surface area contributed by atoms with Gasteiger partial charge in [0.05, 0.1) is 31.6 Å². The molecule has 0 spiro atoms. The van der Waals surface area contributed by atoms with E-state index in [2.05, 4.69) is 23.2 Å². The number of hydrogen-bond acceptors (Lipinski definition) is 7. The monoisotopic (exact) mass is 526 g/mol. The van der Waals surface area contributed by atoms with E-state index in [1.165, 1.54) is 19.2 Å². The van der Waals surface area contributed by atoms with E-state index in [9.17, 15) is 23.4 Å². The fourth-order valence-corrected chi connectivity index (χ4v) is 3.77. The number of carbonyl (C=O) groups excluding carboxylic acids is 1. The van der Waals surface area contributed by atoms with Crippen molar-refractivity contribution < 1.29 is 28.2 Å². The van der Waals surface area contributed by atoms with Crippen LogP contribution in [0.25, 0.3) is 0 Å². The quantitative estimate of drug-likeness (QED) is 0.135. The Hall–Kier alpha value is -2.62. The van der Waals surface area contributed by atoms with Gasteiger partial charge in [-0.05, 0) is 58.2 Å². The Morgan fingerprint density at radius 1 is 1.25 bits per heavy atom. The number of benzene rings is 1. The van der Waals surface area contributed by atoms with Crippen LogP contribution in [0.3, 0.4) is 0 Å². The lowest BCUT2D eigenvalue weighted by atomic mass is 9.92. The number of rotatable bonds is 12. The van der Waals surface area contributed by atoms with E-state index >= 15 is 0 Å². The molecule has 1 aromatic rings. The lowest BCUT2D eigenvalue weighted by Crippen LogP contribution is -2.44. The number of esters is 1. The third-order valence-electron chi connectivity index (χ3n) is 4.74. The third-order valence-corrected chi connectivity index (χ3v) is 5.33. The van der Waals surface area contributed by atoms with Crippen LogP contribution >= 0.6 is 0 Å². The fraction of sp³-hybridized carbons (Fsp3) is 0.519. The smallest absolute Gasteiger partial charge is 0.309 e. The summed E-state index contributed by atoms with van der Waals surface area (Å²) in [5.74, 6) is -0.457. The number of aromatic hydroxyl groups is 1. The predicted octanol–water partition coefficient (Wildman–Crippen LogP) is 4.71. The van der Waals surface area contributed by atoms with Gasteiger partial charge < -0.3 is 20.3 Å². The molecule has 0 fully saturated rings. The number of phenolic OH excluding ortho intramolecular Hbond substituents is 1. The maximum absolute atomic E-state index is 11.4. The highest BCUT2D eigenvalue weighted by Gasteiger charge is 2.20. The Balaban J connectivity index is 0. The normalized spacial score (nSPS) is 12.9. The van der Waals surface area contributed by atoms with Crippen LogP contribution in [-0.2, 0) is 26.0 Å². The van der Waals surface area contributed by atoms with Gasteiger partial charge in [-0.25, -0.2) is 8.42 Å². The maximum atomic E-state index is 11.4. The molecule has 0 aliphatic heterocycles. The van der Waals surface area contributed by atoms with Crippen LogP contribution in [0.2, 0.25) is 0 Å². The number of aliphatic hydroxyl groups excluding tert-OH is 1. The molecule has 9 heteroatoms. The SMILES string of the molecule is C/C=C(\C=C(/C)CC(=O)OC)CC(C)(C)NCC(O)Cc1ccc(O)c(NS(C)(=O)=O)c1.C=C.CC. The summed E-state index contributed by atoms with van der Waals surface area (Å²) in [6, 6.07) is 4.55. The number of anilines is 1. The molecule has 1 atom stereocenters. The molecule has 0 saturated heterocycles. The molecule has 0 bridgehead atoms. The van der Waals surface area contributed by atoms with Gasteiger partial charge in [0.15, 0.2) is 0 Å². The van der Waals surface area contributed by atoms with Crippen molar-refractivity contribution in [3.05, 3.63) is 60.2 Å². The van der Waals surface area contributed by atoms with Gasteiger partial charge in [0.1, 0.15) is 5.75 Å². The number of carbonyl (C=O) groups is 1. The van der Waals surface area contributed by atoms with Gasteiger partial charge in [0.2, 0.25) is 10.0 Å². The Morgan fingerprint density at radius 2 is 1.83 bits per heavy atom. The second-order valence-corrected chi connectivity index (χ2v) is 10.4. The van der Waals surface area contributed by atoms with Crippen molar-refractivity contribution in [2.75, 3.05) is 24.6 Å². The summed E-state index contributed by atoms with van der Waals surface area (Å²) in [6.45, 7) is 18.2. The topological polar surface area (TPSA) is 125 Å². The predicted molar refractivity (Wildman–Crippen MR) is 150 cm³/mol. The summed E-state index contributed by atoms with van der Waals surface area (Å²) < 4.78 is 29.8. The summed E-state index contributed by atoms with van der Waals surface area (Å²) in [7, 11) is -2.16. The molecule has 8 nitrogen and oxygen atoms in total. The van der Waals surface area contributed by atoms with Crippen LogP contribution in [0.4, 0.5) is 5.69 Å². The van der Waals surface area contributed by atoms with Crippen LogP contribution < -0.4 is 10.0 Å². The van der Waals surface area contributed by atoms with Gasteiger partial charge in [-0.3, -0.25) is 9.52 Å². The number of aliphatic hydroxyl groups is 1. The molecule has 1 rings (SSSR count). The number of methoxy groups -OCH3 is 1. The van der Waals surface area contributed by atoms with Gasteiger partial charge in [0, 0.05) is 12.1 Å². The molecular weight excluding hydrogens is 480 g/mol. The molecular formula is C27H46N2O6S. The Kier molecular flexibility index (Phi) is 17.5. The van der Waals surface area contributed by atoms with Crippen LogP contribution in [0, 0.1) is 0 Å². The summed E-state index contributed by atoms with van der Waals surface area (Å²) in [5.41, 5.74) is 2.43. The highest BCUT2D eigenvalue weighted by atomic mass is 32.2. The average molecular weight is 527 g/mol. The standard InChI is InChI=1S/C23H36N2O6S.C2H6.C2H4/c1-7-17(10-16(2)11-22(28)31-5)14-23(3,4)24-15-19(26)12-18-8-9-21(27)20(13-18)25-32(6,29)30;2*1-2/h7-10,13,19,24-27H,11-12,14-15H2,1-6H3;1-2H3;1-2H2/b16-10+,17-7+;;. The number of β-amino-alcohol motifs (C(OH)–C–C–N with tert-alkyl or cyclic N) is 1. The Morgan fingerprint density at radius 3 is 2.33 bits per heavy atom. The van der Waals surface area contributed by atoms with Crippen LogP contribution in [0.1, 0.15) is 59.9 Å². The van der Waals surface area contributed by atoms with E-state index in [0.717, 1.165) is 17.4 Å². The lowest BCUT2D eigenvalue weighted by molar-refractivity contribution is -0.139. The van der Waals surface area contributed by atoms with Crippen LogP contribution in [0.5, 0.6) is 5.75 Å². The zero-order valence-corrected chi connectivity index (χ0v) is 24.0. The number of phenols is 1. The Labute approximate surface area is 218 Å². The fourth-order valence-electron chi connectivity index (χ4n) is 3.21. The van der Waals surface area contributed by atoms with Gasteiger partial charge >= 0.3 is 5.97 Å². The van der Waals surface area contributed by atoms with Gasteiger partial charge in [-0.1, -0.05) is 43.2 Å². The molecule has 0 heterocycles. The molecule has 1 unspecified atom stereocenters. The highest BCUT2D eigenvalue weighted by molar-refractivity contribution is 7.92. The molecule has 4 N–H and O–H groups in total. The van der Waals surface area contributed by atoms with Crippen molar-refractivity contribution in [2.24, 2.45) is 0 Å². The van der Waals surface area contributed by atoms with Crippen molar-refractivity contribution in [2.45, 2.75) is 72.4 Å². The lowest BCUT2D eigenvalue weighted by Gasteiger charge is -2.28. The molecule has 0 radical (unpaired) electrons. The Bertz CT molecular complexity index is 968. The first kappa shape index (κ1) is 35.5. The zero-order chi connectivity index (χ0) is 28.5. The summed E-state index contributed by atoms with van der Waals surface area (Å²) in [5, 5.41) is 23.7. The second kappa shape index (κ2) is 17.8. The van der Waals surface area contributed by atoms with Crippen molar-refractivity contribution in [3.8, 4) is 5.75 Å². The van der Waals surface area contributed by atoms with Crippen LogP contribution in [-0.4, -0.2) is 56.2 Å². The van der Waals surface area contributed by atoms with E-state index < -0.39 is 16.1 Å². The van der Waals surface area contributed by atoms with E-state index in [-0.39, 0.29) is 35.8 Å². The first-order valence-corrected chi connectivity index (χ1v) is 13.8. The highest BCUT2D eigenvalue weighted by Crippen LogP contribution is 2.26. The molecule has 0 aliphatic rings. The minimum atomic E-state index is -3.53. The number of sulfonamides is 1. The minimum Gasteiger partial charge on any atom is -0.506 e. The van der Waals surface area contributed by atoms with Crippen molar-refractivity contribution in [3.63, 3.8) is 0 Å². The van der Waals surface area contributed by atoms with Gasteiger partial charge in [-0.15, -0.1) is 13.2 Å².